The van der Waals surface area contributed by atoms with Gasteiger partial charge < -0.3 is 19.3 Å². The van der Waals surface area contributed by atoms with E-state index in [9.17, 15) is 9.18 Å². The van der Waals surface area contributed by atoms with E-state index in [-0.39, 0.29) is 23.7 Å². The first-order chi connectivity index (χ1) is 13.8. The molecule has 0 saturated carbocycles. The molecule has 1 saturated heterocycles. The minimum absolute atomic E-state index is 0.0130. The first kappa shape index (κ1) is 19.5. The third kappa shape index (κ3) is 4.45. The van der Waals surface area contributed by atoms with Crippen molar-refractivity contribution in [1.82, 2.24) is 10.1 Å². The van der Waals surface area contributed by atoms with Crippen molar-refractivity contribution in [3.05, 3.63) is 59.9 Å². The van der Waals surface area contributed by atoms with Crippen LogP contribution in [0.25, 0.3) is 0 Å². The van der Waals surface area contributed by atoms with Crippen LogP contribution in [0.1, 0.15) is 32.3 Å². The Morgan fingerprint density at radius 3 is 2.28 bits per heavy atom. The number of hydrogen-bond donors (Lipinski definition) is 0. The normalized spacial score (nSPS) is 21.4. The van der Waals surface area contributed by atoms with Gasteiger partial charge in [-0.2, -0.15) is 0 Å². The topological polar surface area (TPSA) is 51.2 Å². The average molecular weight is 400 g/mol. The molecule has 1 amide bonds. The molecule has 2 aromatic carbocycles. The van der Waals surface area contributed by atoms with Gasteiger partial charge in [0.1, 0.15) is 11.4 Å². The molecule has 2 heterocycles. The fraction of sp³-hybridized carbons (Fsp3) is 0.409. The standard InChI is InChI=1S/C22H25FN2O4/c1-22(2,3)27-21(26)24-12-16(18(14-24)15-8-10-17(23)11-9-15)13-25-28-19-6-4-5-7-20(19)29-25/h4-11,16,18H,12-14H2,1-3H3/t16-,18-/m0/s1. The smallest absolute Gasteiger partial charge is 0.410 e. The summed E-state index contributed by atoms with van der Waals surface area (Å²) in [5.74, 6) is 1.08. The maximum absolute atomic E-state index is 13.4. The zero-order valence-corrected chi connectivity index (χ0v) is 16.8. The van der Waals surface area contributed by atoms with Crippen LogP contribution in [0.3, 0.4) is 0 Å². The highest BCUT2D eigenvalue weighted by molar-refractivity contribution is 5.68. The summed E-state index contributed by atoms with van der Waals surface area (Å²) in [6.45, 7) is 6.98. The quantitative estimate of drug-likeness (QED) is 0.765. The Balaban J connectivity index is 1.51. The molecular formula is C22H25FN2O4. The van der Waals surface area contributed by atoms with E-state index in [0.717, 1.165) is 5.56 Å². The highest BCUT2D eigenvalue weighted by atomic mass is 19.1. The molecule has 1 fully saturated rings. The van der Waals surface area contributed by atoms with E-state index in [4.69, 9.17) is 14.4 Å². The van der Waals surface area contributed by atoms with E-state index >= 15 is 0 Å². The number of amides is 1. The number of halogens is 1. The number of hydroxylamine groups is 2. The number of nitrogens with zero attached hydrogens (tertiary/aromatic N) is 2. The summed E-state index contributed by atoms with van der Waals surface area (Å²) in [6, 6.07) is 13.9. The van der Waals surface area contributed by atoms with Crippen molar-refractivity contribution in [2.24, 2.45) is 5.92 Å². The first-order valence-corrected chi connectivity index (χ1v) is 9.74. The molecule has 0 radical (unpaired) electrons. The second kappa shape index (κ2) is 7.55. The Morgan fingerprint density at radius 1 is 1.07 bits per heavy atom. The van der Waals surface area contributed by atoms with Crippen LogP contribution in [-0.4, -0.2) is 41.5 Å². The third-order valence-electron chi connectivity index (χ3n) is 5.02. The molecule has 2 aromatic rings. The number of benzene rings is 2. The van der Waals surface area contributed by atoms with Crippen LogP contribution in [-0.2, 0) is 4.74 Å². The maximum Gasteiger partial charge on any atom is 0.410 e. The van der Waals surface area contributed by atoms with E-state index < -0.39 is 5.60 Å². The van der Waals surface area contributed by atoms with Gasteiger partial charge in [0.15, 0.2) is 11.5 Å². The summed E-state index contributed by atoms with van der Waals surface area (Å²) < 4.78 is 19.0. The maximum atomic E-state index is 13.4. The predicted molar refractivity (Wildman–Crippen MR) is 105 cm³/mol. The van der Waals surface area contributed by atoms with Crippen molar-refractivity contribution in [3.63, 3.8) is 0 Å². The largest absolute Gasteiger partial charge is 0.444 e. The van der Waals surface area contributed by atoms with Crippen LogP contribution >= 0.6 is 0 Å². The van der Waals surface area contributed by atoms with Crippen LogP contribution in [0.15, 0.2) is 48.5 Å². The lowest BCUT2D eigenvalue weighted by atomic mass is 9.89. The Kier molecular flexibility index (Phi) is 5.08. The van der Waals surface area contributed by atoms with Gasteiger partial charge in [0.05, 0.1) is 6.54 Å². The van der Waals surface area contributed by atoms with Crippen LogP contribution in [0.2, 0.25) is 0 Å². The van der Waals surface area contributed by atoms with Crippen molar-refractivity contribution < 1.29 is 23.6 Å². The SMILES string of the molecule is CC(C)(C)OC(=O)N1C[C@@H](CN2Oc3ccccc3O2)[C@H](c2ccc(F)cc2)C1. The number of hydrogen-bond acceptors (Lipinski definition) is 5. The van der Waals surface area contributed by atoms with Gasteiger partial charge >= 0.3 is 6.09 Å². The molecule has 154 valence electrons. The number of fused-ring (bicyclic) bond motifs is 1. The van der Waals surface area contributed by atoms with Crippen molar-refractivity contribution >= 4 is 6.09 Å². The summed E-state index contributed by atoms with van der Waals surface area (Å²) in [4.78, 5) is 25.9. The van der Waals surface area contributed by atoms with Gasteiger partial charge in [-0.1, -0.05) is 24.3 Å². The molecule has 0 N–H and O–H groups in total. The molecule has 29 heavy (non-hydrogen) atoms. The summed E-state index contributed by atoms with van der Waals surface area (Å²) >= 11 is 0. The number of carbonyl (C=O) groups excluding carboxylic acids is 1. The molecular weight excluding hydrogens is 375 g/mol. The molecule has 6 nitrogen and oxygen atoms in total. The highest BCUT2D eigenvalue weighted by Gasteiger charge is 2.40. The Hall–Kier alpha value is -2.80. The van der Waals surface area contributed by atoms with Gasteiger partial charge in [-0.15, -0.1) is 0 Å². The number of ether oxygens (including phenoxy) is 1. The van der Waals surface area contributed by atoms with Crippen molar-refractivity contribution in [2.45, 2.75) is 32.3 Å². The highest BCUT2D eigenvalue weighted by Crippen LogP contribution is 2.38. The molecule has 2 aliphatic rings. The van der Waals surface area contributed by atoms with Crippen molar-refractivity contribution in [3.8, 4) is 11.5 Å². The number of para-hydroxylation sites is 2. The van der Waals surface area contributed by atoms with E-state index in [2.05, 4.69) is 0 Å². The summed E-state index contributed by atoms with van der Waals surface area (Å²) in [6.07, 6.45) is -0.348. The Bertz CT molecular complexity index is 856. The lowest BCUT2D eigenvalue weighted by Gasteiger charge is -2.24. The average Bonchev–Trinajstić information content (AvgIpc) is 3.25. The summed E-state index contributed by atoms with van der Waals surface area (Å²) in [5.41, 5.74) is 0.405. The summed E-state index contributed by atoms with van der Waals surface area (Å²) in [5, 5.41) is 1.45. The minimum atomic E-state index is -0.566. The van der Waals surface area contributed by atoms with Gasteiger partial charge in [0.25, 0.3) is 0 Å². The van der Waals surface area contributed by atoms with Gasteiger partial charge in [-0.25, -0.2) is 9.18 Å². The van der Waals surface area contributed by atoms with E-state index in [0.29, 0.717) is 31.1 Å². The zero-order valence-electron chi connectivity index (χ0n) is 16.8. The second-order valence-electron chi connectivity index (χ2n) is 8.45. The van der Waals surface area contributed by atoms with Crippen LogP contribution in [0.5, 0.6) is 11.5 Å². The van der Waals surface area contributed by atoms with Crippen LogP contribution in [0, 0.1) is 11.7 Å². The lowest BCUT2D eigenvalue weighted by molar-refractivity contribution is -0.232. The molecule has 7 heteroatoms. The number of carbonyl (C=O) groups is 1. The predicted octanol–water partition coefficient (Wildman–Crippen LogP) is 4.38. The van der Waals surface area contributed by atoms with Crippen molar-refractivity contribution in [1.29, 1.82) is 0 Å². The lowest BCUT2D eigenvalue weighted by Crippen LogP contribution is -2.37. The molecule has 2 aliphatic heterocycles. The minimum Gasteiger partial charge on any atom is -0.444 e. The van der Waals surface area contributed by atoms with E-state index in [1.807, 2.05) is 45.0 Å². The Morgan fingerprint density at radius 2 is 1.69 bits per heavy atom. The van der Waals surface area contributed by atoms with E-state index in [1.54, 1.807) is 17.0 Å². The second-order valence-corrected chi connectivity index (χ2v) is 8.45. The third-order valence-corrected chi connectivity index (χ3v) is 5.02. The van der Waals surface area contributed by atoms with Gasteiger partial charge in [-0.3, -0.25) is 0 Å². The molecule has 4 rings (SSSR count). The molecule has 0 unspecified atom stereocenters. The first-order valence-electron chi connectivity index (χ1n) is 9.74. The zero-order chi connectivity index (χ0) is 20.6. The molecule has 2 atom stereocenters. The molecule has 0 aliphatic carbocycles. The fourth-order valence-electron chi connectivity index (χ4n) is 3.72. The van der Waals surface area contributed by atoms with Crippen molar-refractivity contribution in [2.75, 3.05) is 19.6 Å². The van der Waals surface area contributed by atoms with Crippen LogP contribution < -0.4 is 9.68 Å². The van der Waals surface area contributed by atoms with Gasteiger partial charge in [0.2, 0.25) is 0 Å². The Labute approximate surface area is 169 Å². The molecule has 0 bridgehead atoms. The van der Waals surface area contributed by atoms with Gasteiger partial charge in [0, 0.05) is 30.2 Å². The number of likely N-dealkylation sites (tertiary alicyclic amines) is 1. The van der Waals surface area contributed by atoms with E-state index in [1.165, 1.54) is 17.4 Å². The van der Waals surface area contributed by atoms with Crippen LogP contribution in [0.4, 0.5) is 9.18 Å². The number of rotatable bonds is 3. The molecule has 0 aromatic heterocycles. The monoisotopic (exact) mass is 400 g/mol. The summed E-state index contributed by atoms with van der Waals surface area (Å²) in [7, 11) is 0. The molecule has 0 spiro atoms. The fourth-order valence-corrected chi connectivity index (χ4v) is 3.72. The van der Waals surface area contributed by atoms with Gasteiger partial charge in [-0.05, 0) is 50.6 Å².